The molecule has 114 valence electrons. The van der Waals surface area contributed by atoms with E-state index < -0.39 is 16.1 Å². The van der Waals surface area contributed by atoms with Crippen molar-refractivity contribution >= 4 is 16.1 Å². The van der Waals surface area contributed by atoms with E-state index >= 15 is 0 Å². The van der Waals surface area contributed by atoms with E-state index in [9.17, 15) is 13.2 Å². The van der Waals surface area contributed by atoms with Gasteiger partial charge in [0.1, 0.15) is 5.75 Å². The normalized spacial score (nSPS) is 11.4. The Balaban J connectivity index is 0.000000396. The molecule has 0 aliphatic carbocycles. The van der Waals surface area contributed by atoms with Gasteiger partial charge in [0.2, 0.25) is 0 Å². The summed E-state index contributed by atoms with van der Waals surface area (Å²) in [4.78, 5) is 10.00. The van der Waals surface area contributed by atoms with E-state index in [0.717, 1.165) is 0 Å². The van der Waals surface area contributed by atoms with Gasteiger partial charge >= 0.3 is 5.97 Å². The Labute approximate surface area is 119 Å². The minimum atomic E-state index is -3.84. The average Bonchev–Trinajstić information content (AvgIpc) is 2.24. The van der Waals surface area contributed by atoms with Crippen LogP contribution in [-0.4, -0.2) is 62.0 Å². The van der Waals surface area contributed by atoms with Crippen molar-refractivity contribution in [1.29, 1.82) is 0 Å². The fraction of sp³-hybridized carbons (Fsp3) is 0.500. The molecule has 0 fully saturated rings. The van der Waals surface area contributed by atoms with Crippen LogP contribution >= 0.6 is 0 Å². The zero-order valence-corrected chi connectivity index (χ0v) is 12.7. The lowest BCUT2D eigenvalue weighted by atomic mass is 10.5. The molecule has 0 unspecified atom stereocenters. The lowest BCUT2D eigenvalue weighted by Gasteiger charge is -2.20. The van der Waals surface area contributed by atoms with Crippen LogP contribution in [0.3, 0.4) is 0 Å². The number of carbonyl (C=O) groups is 1. The van der Waals surface area contributed by atoms with Crippen LogP contribution in [0.1, 0.15) is 0 Å². The Hall–Kier alpha value is -1.51. The molecule has 0 spiro atoms. The summed E-state index contributed by atoms with van der Waals surface area (Å²) in [5.74, 6) is -1.00. The van der Waals surface area contributed by atoms with E-state index in [1.807, 2.05) is 27.2 Å². The smallest absolute Gasteiger partial charge is 0.359 e. The van der Waals surface area contributed by atoms with Crippen molar-refractivity contribution in [3.8, 4) is 0 Å². The maximum absolute atomic E-state index is 10.3. The van der Waals surface area contributed by atoms with Crippen molar-refractivity contribution < 1.29 is 31.9 Å². The van der Waals surface area contributed by atoms with Gasteiger partial charge in [-0.05, 0) is 0 Å². The Bertz CT molecular complexity index is 508. The van der Waals surface area contributed by atoms with Gasteiger partial charge in [0.25, 0.3) is 10.1 Å². The Morgan fingerprint density at radius 2 is 1.65 bits per heavy atom. The summed E-state index contributed by atoms with van der Waals surface area (Å²) in [6.45, 7) is 0.458. The van der Waals surface area contributed by atoms with Crippen LogP contribution in [-0.2, 0) is 21.5 Å². The molecular weight excluding hydrogens is 284 g/mol. The van der Waals surface area contributed by atoms with E-state index in [-0.39, 0.29) is 18.8 Å². The highest BCUT2D eigenvalue weighted by atomic mass is 32.2. The highest BCUT2D eigenvalue weighted by Crippen LogP contribution is 1.86. The average molecular weight is 306 g/mol. The van der Waals surface area contributed by atoms with E-state index in [2.05, 4.69) is 0 Å². The van der Waals surface area contributed by atoms with E-state index in [1.54, 1.807) is 29.1 Å². The summed E-state index contributed by atoms with van der Waals surface area (Å²) in [6, 6.07) is 5.43. The first kappa shape index (κ1) is 18.5. The molecule has 1 rings (SSSR count). The highest BCUT2D eigenvalue weighted by molar-refractivity contribution is 7.85. The monoisotopic (exact) mass is 306 g/mol. The molecule has 0 aromatic carbocycles. The number of nitrogens with zero attached hydrogens (tertiary/aromatic N) is 2. The molecule has 0 bridgehead atoms. The fourth-order valence-electron chi connectivity index (χ4n) is 1.21. The van der Waals surface area contributed by atoms with Gasteiger partial charge in [0.05, 0.1) is 21.1 Å². The lowest BCUT2D eigenvalue weighted by Crippen LogP contribution is -2.39. The zero-order chi connectivity index (χ0) is 15.8. The summed E-state index contributed by atoms with van der Waals surface area (Å²) in [7, 11) is 1.68. The third-order valence-electron chi connectivity index (χ3n) is 1.99. The molecule has 7 nitrogen and oxygen atoms in total. The fourth-order valence-corrected chi connectivity index (χ4v) is 1.65. The van der Waals surface area contributed by atoms with Gasteiger partial charge in [-0.25, -0.2) is 9.36 Å². The number of aryl methyl sites for hydroxylation is 1. The molecule has 1 aromatic heterocycles. The van der Waals surface area contributed by atoms with Crippen LogP contribution in [0, 0.1) is 0 Å². The molecule has 20 heavy (non-hydrogen) atoms. The molecule has 0 saturated carbocycles. The highest BCUT2D eigenvalue weighted by Gasteiger charge is 2.11. The number of likely N-dealkylation sites (N-methyl/N-ethyl adjacent to an activating group) is 1. The number of hydrogen-bond donors (Lipinski definition) is 2. The predicted molar refractivity (Wildman–Crippen MR) is 73.6 cm³/mol. The number of quaternary nitrogens is 1. The maximum Gasteiger partial charge on any atom is 0.359 e. The number of aliphatic carboxylic acids is 1. The third kappa shape index (κ3) is 12.9. The molecular formula is C12H22N2O5S+2. The number of hydrogen-bond acceptors (Lipinski definition) is 3. The zero-order valence-electron chi connectivity index (χ0n) is 11.9. The van der Waals surface area contributed by atoms with Gasteiger partial charge in [-0.2, -0.15) is 8.42 Å². The molecule has 0 saturated heterocycles. The molecule has 0 aliphatic heterocycles. The van der Waals surface area contributed by atoms with Gasteiger partial charge in [-0.1, -0.05) is 6.07 Å². The summed E-state index contributed by atoms with van der Waals surface area (Å²) < 4.78 is 31.3. The second-order valence-electron chi connectivity index (χ2n) is 5.24. The van der Waals surface area contributed by atoms with Crippen LogP contribution in [0.15, 0.2) is 30.6 Å². The minimum Gasteiger partial charge on any atom is -0.477 e. The summed E-state index contributed by atoms with van der Waals surface area (Å²) >= 11 is 0. The van der Waals surface area contributed by atoms with Crippen LogP contribution in [0.25, 0.3) is 0 Å². The van der Waals surface area contributed by atoms with Crippen LogP contribution in [0.5, 0.6) is 0 Å². The van der Waals surface area contributed by atoms with Crippen molar-refractivity contribution in [2.24, 2.45) is 0 Å². The van der Waals surface area contributed by atoms with Gasteiger partial charge < -0.3 is 9.59 Å². The first-order valence-corrected chi connectivity index (χ1v) is 7.52. The summed E-state index contributed by atoms with van der Waals surface area (Å²) in [5.41, 5.74) is 0. The molecule has 0 atom stereocenters. The van der Waals surface area contributed by atoms with E-state index in [4.69, 9.17) is 9.66 Å². The van der Waals surface area contributed by atoms with Gasteiger partial charge in [0.15, 0.2) is 25.5 Å². The van der Waals surface area contributed by atoms with Gasteiger partial charge in [0, 0.05) is 12.1 Å². The number of aromatic nitrogens is 1. The molecule has 0 amide bonds. The Morgan fingerprint density at radius 1 is 1.15 bits per heavy atom. The third-order valence-corrected chi connectivity index (χ3v) is 2.69. The van der Waals surface area contributed by atoms with Gasteiger partial charge in [-0.15, -0.1) is 0 Å². The van der Waals surface area contributed by atoms with Gasteiger partial charge in [-0.3, -0.25) is 4.55 Å². The standard InChI is InChI=1S/C7H9NO3S.C5H11NO2/c9-12(10,11)7-6-8-4-2-1-3-5-8;1-6(2,3)4-5(7)8/h1-5H,6-7H2;4H2,1-3H3/p+2. The van der Waals surface area contributed by atoms with Crippen molar-refractivity contribution in [1.82, 2.24) is 0 Å². The second kappa shape index (κ2) is 7.93. The predicted octanol–water partition coefficient (Wildman–Crippen LogP) is -0.361. The Kier molecular flexibility index (Phi) is 7.33. The lowest BCUT2D eigenvalue weighted by molar-refractivity contribution is -0.862. The Morgan fingerprint density at radius 3 is 1.95 bits per heavy atom. The molecule has 0 radical (unpaired) electrons. The SMILES string of the molecule is C[N+](C)(C)CC(=O)O.O=S(=O)(O)CC[n+]1ccccc1. The molecule has 0 aliphatic rings. The van der Waals surface area contributed by atoms with E-state index in [0.29, 0.717) is 4.48 Å². The molecule has 8 heteroatoms. The van der Waals surface area contributed by atoms with Crippen LogP contribution in [0.2, 0.25) is 0 Å². The van der Waals surface area contributed by atoms with Crippen molar-refractivity contribution in [3.63, 3.8) is 0 Å². The second-order valence-corrected chi connectivity index (χ2v) is 6.81. The van der Waals surface area contributed by atoms with Crippen LogP contribution < -0.4 is 4.57 Å². The van der Waals surface area contributed by atoms with Crippen LogP contribution in [0.4, 0.5) is 0 Å². The molecule has 1 heterocycles. The number of pyridine rings is 1. The summed E-state index contributed by atoms with van der Waals surface area (Å²) in [5, 5.41) is 8.23. The molecule has 1 aromatic rings. The number of carboxylic acids is 1. The molecule has 2 N–H and O–H groups in total. The largest absolute Gasteiger partial charge is 0.477 e. The van der Waals surface area contributed by atoms with Crippen molar-refractivity contribution in [2.45, 2.75) is 6.54 Å². The maximum atomic E-state index is 10.3. The first-order valence-electron chi connectivity index (χ1n) is 5.91. The minimum absolute atomic E-state index is 0.181. The number of rotatable bonds is 5. The van der Waals surface area contributed by atoms with Crippen molar-refractivity contribution in [3.05, 3.63) is 30.6 Å². The first-order chi connectivity index (χ1) is 8.99. The number of carboxylic acid groups (broad SMARTS) is 1. The van der Waals surface area contributed by atoms with E-state index in [1.165, 1.54) is 0 Å². The summed E-state index contributed by atoms with van der Waals surface area (Å²) in [6.07, 6.45) is 3.48. The quantitative estimate of drug-likeness (QED) is 0.440. The van der Waals surface area contributed by atoms with Crippen molar-refractivity contribution in [2.75, 3.05) is 33.4 Å². The topological polar surface area (TPSA) is 95.5 Å².